The summed E-state index contributed by atoms with van der Waals surface area (Å²) in [6, 6.07) is 2.02. The second-order valence-electron chi connectivity index (χ2n) is 3.62. The average Bonchev–Trinajstić information content (AvgIpc) is 2.80. The van der Waals surface area contributed by atoms with Gasteiger partial charge in [-0.05, 0) is 18.6 Å². The third-order valence-electron chi connectivity index (χ3n) is 2.55. The maximum absolute atomic E-state index is 5.54. The number of nitrogens with zero attached hydrogens (tertiary/aromatic N) is 4. The highest BCUT2D eigenvalue weighted by atomic mass is 15.3. The molecule has 2 aromatic heterocycles. The maximum atomic E-state index is 5.54. The van der Waals surface area contributed by atoms with E-state index in [1.807, 2.05) is 37.0 Å². The molecule has 0 unspecified atom stereocenters. The Bertz CT molecular complexity index is 454. The van der Waals surface area contributed by atoms with Crippen LogP contribution in [0.1, 0.15) is 17.2 Å². The lowest BCUT2D eigenvalue weighted by atomic mass is 10.3. The van der Waals surface area contributed by atoms with Crippen molar-refractivity contribution < 1.29 is 0 Å². The monoisotopic (exact) mass is 205 g/mol. The molecular weight excluding hydrogens is 190 g/mol. The zero-order valence-electron chi connectivity index (χ0n) is 9.01. The quantitative estimate of drug-likeness (QED) is 0.790. The van der Waals surface area contributed by atoms with Crippen molar-refractivity contribution in [2.45, 2.75) is 20.0 Å². The van der Waals surface area contributed by atoms with Crippen LogP contribution in [0, 0.1) is 6.92 Å². The molecule has 0 aliphatic rings. The first-order chi connectivity index (χ1) is 7.20. The van der Waals surface area contributed by atoms with E-state index in [0.29, 0.717) is 6.54 Å². The molecule has 2 N–H and O–H groups in total. The van der Waals surface area contributed by atoms with Crippen molar-refractivity contribution in [3.8, 4) is 0 Å². The third-order valence-corrected chi connectivity index (χ3v) is 2.55. The first-order valence-corrected chi connectivity index (χ1v) is 4.90. The number of hydrogen-bond acceptors (Lipinski definition) is 3. The van der Waals surface area contributed by atoms with Gasteiger partial charge in [-0.3, -0.25) is 0 Å². The van der Waals surface area contributed by atoms with Gasteiger partial charge < -0.3 is 14.9 Å². The summed E-state index contributed by atoms with van der Waals surface area (Å²) in [6.07, 6.45) is 4.04. The van der Waals surface area contributed by atoms with Crippen molar-refractivity contribution in [1.82, 2.24) is 19.3 Å². The van der Waals surface area contributed by atoms with Crippen molar-refractivity contribution in [3.63, 3.8) is 0 Å². The fraction of sp³-hybridized carbons (Fsp3) is 0.400. The largest absolute Gasteiger partial charge is 0.346 e. The highest BCUT2D eigenvalue weighted by Gasteiger charge is 2.05. The number of hydrogen-bond donors (Lipinski definition) is 1. The Balaban J connectivity index is 2.18. The van der Waals surface area contributed by atoms with E-state index in [4.69, 9.17) is 5.73 Å². The molecule has 0 aliphatic carbocycles. The normalized spacial score (nSPS) is 10.9. The van der Waals surface area contributed by atoms with Gasteiger partial charge in [-0.25, -0.2) is 0 Å². The van der Waals surface area contributed by atoms with Crippen molar-refractivity contribution in [1.29, 1.82) is 0 Å². The van der Waals surface area contributed by atoms with Crippen LogP contribution in [-0.4, -0.2) is 19.3 Å². The Labute approximate surface area is 88.5 Å². The Morgan fingerprint density at radius 2 is 2.20 bits per heavy atom. The first kappa shape index (κ1) is 9.92. The molecule has 0 aliphatic heterocycles. The molecule has 0 aromatic carbocycles. The molecule has 2 heterocycles. The number of aryl methyl sites for hydroxylation is 1. The molecule has 2 aromatic rings. The van der Waals surface area contributed by atoms with E-state index in [1.165, 1.54) is 0 Å². The van der Waals surface area contributed by atoms with Crippen LogP contribution in [-0.2, 0) is 20.1 Å². The molecule has 0 radical (unpaired) electrons. The van der Waals surface area contributed by atoms with Crippen molar-refractivity contribution >= 4 is 0 Å². The van der Waals surface area contributed by atoms with E-state index in [9.17, 15) is 0 Å². The molecule has 15 heavy (non-hydrogen) atoms. The average molecular weight is 205 g/mol. The molecule has 0 atom stereocenters. The van der Waals surface area contributed by atoms with Crippen LogP contribution in [0.5, 0.6) is 0 Å². The molecule has 0 saturated heterocycles. The molecule has 5 nitrogen and oxygen atoms in total. The predicted molar refractivity (Wildman–Crippen MR) is 57.2 cm³/mol. The first-order valence-electron chi connectivity index (χ1n) is 4.90. The van der Waals surface area contributed by atoms with Gasteiger partial charge in [0.2, 0.25) is 0 Å². The summed E-state index contributed by atoms with van der Waals surface area (Å²) in [6.45, 7) is 3.25. The predicted octanol–water partition coefficient (Wildman–Crippen LogP) is 0.432. The standard InChI is InChI=1S/C10H15N5/c1-8-12-13-10(14(8)2)7-15-4-3-9(5-11)6-15/h3-4,6H,5,7,11H2,1-2H3. The summed E-state index contributed by atoms with van der Waals surface area (Å²) < 4.78 is 4.05. The maximum Gasteiger partial charge on any atom is 0.152 e. The van der Waals surface area contributed by atoms with Gasteiger partial charge in [0.25, 0.3) is 0 Å². The van der Waals surface area contributed by atoms with E-state index in [2.05, 4.69) is 14.8 Å². The van der Waals surface area contributed by atoms with E-state index in [1.54, 1.807) is 0 Å². The summed E-state index contributed by atoms with van der Waals surface area (Å²) in [5.41, 5.74) is 6.68. The molecule has 0 fully saturated rings. The molecule has 0 bridgehead atoms. The topological polar surface area (TPSA) is 61.7 Å². The lowest BCUT2D eigenvalue weighted by Gasteiger charge is -2.02. The fourth-order valence-corrected chi connectivity index (χ4v) is 1.46. The molecular formula is C10H15N5. The highest BCUT2D eigenvalue weighted by Crippen LogP contribution is 2.04. The number of nitrogens with two attached hydrogens (primary N) is 1. The Morgan fingerprint density at radius 3 is 2.73 bits per heavy atom. The highest BCUT2D eigenvalue weighted by molar-refractivity contribution is 5.10. The van der Waals surface area contributed by atoms with Crippen LogP contribution in [0.4, 0.5) is 0 Å². The zero-order valence-corrected chi connectivity index (χ0v) is 9.01. The van der Waals surface area contributed by atoms with E-state index >= 15 is 0 Å². The number of aromatic nitrogens is 4. The third kappa shape index (κ3) is 1.92. The van der Waals surface area contributed by atoms with Gasteiger partial charge in [0.1, 0.15) is 5.82 Å². The van der Waals surface area contributed by atoms with Crippen LogP contribution in [0.25, 0.3) is 0 Å². The van der Waals surface area contributed by atoms with Crippen molar-refractivity contribution in [2.24, 2.45) is 12.8 Å². The minimum absolute atomic E-state index is 0.574. The Hall–Kier alpha value is -1.62. The summed E-state index contributed by atoms with van der Waals surface area (Å²) in [4.78, 5) is 0. The fourth-order valence-electron chi connectivity index (χ4n) is 1.46. The lowest BCUT2D eigenvalue weighted by Crippen LogP contribution is -2.05. The zero-order chi connectivity index (χ0) is 10.8. The van der Waals surface area contributed by atoms with Crippen LogP contribution in [0.2, 0.25) is 0 Å². The summed E-state index contributed by atoms with van der Waals surface area (Å²) in [5, 5.41) is 8.12. The van der Waals surface area contributed by atoms with Crippen LogP contribution < -0.4 is 5.73 Å². The van der Waals surface area contributed by atoms with Crippen LogP contribution in [0.15, 0.2) is 18.5 Å². The van der Waals surface area contributed by atoms with Crippen LogP contribution >= 0.6 is 0 Å². The summed E-state index contributed by atoms with van der Waals surface area (Å²) in [7, 11) is 1.97. The molecule has 0 amide bonds. The van der Waals surface area contributed by atoms with E-state index in [0.717, 1.165) is 23.8 Å². The summed E-state index contributed by atoms with van der Waals surface area (Å²) >= 11 is 0. The van der Waals surface area contributed by atoms with Gasteiger partial charge in [-0.1, -0.05) is 0 Å². The lowest BCUT2D eigenvalue weighted by molar-refractivity contribution is 0.693. The van der Waals surface area contributed by atoms with E-state index < -0.39 is 0 Å². The summed E-state index contributed by atoms with van der Waals surface area (Å²) in [5.74, 6) is 1.88. The molecule has 0 saturated carbocycles. The van der Waals surface area contributed by atoms with Crippen LogP contribution in [0.3, 0.4) is 0 Å². The van der Waals surface area contributed by atoms with Gasteiger partial charge in [0.15, 0.2) is 5.82 Å². The molecule has 5 heteroatoms. The van der Waals surface area contributed by atoms with Gasteiger partial charge in [0.05, 0.1) is 6.54 Å². The second-order valence-corrected chi connectivity index (χ2v) is 3.62. The Kier molecular flexibility index (Phi) is 2.55. The van der Waals surface area contributed by atoms with E-state index in [-0.39, 0.29) is 0 Å². The second kappa shape index (κ2) is 3.86. The van der Waals surface area contributed by atoms with Crippen molar-refractivity contribution in [3.05, 3.63) is 35.7 Å². The molecule has 80 valence electrons. The van der Waals surface area contributed by atoms with Gasteiger partial charge in [-0.15, -0.1) is 10.2 Å². The minimum atomic E-state index is 0.574. The SMILES string of the molecule is Cc1nnc(Cn2ccc(CN)c2)n1C. The minimum Gasteiger partial charge on any atom is -0.346 e. The van der Waals surface area contributed by atoms with Crippen molar-refractivity contribution in [2.75, 3.05) is 0 Å². The smallest absolute Gasteiger partial charge is 0.152 e. The number of rotatable bonds is 3. The van der Waals surface area contributed by atoms with Gasteiger partial charge in [-0.2, -0.15) is 0 Å². The van der Waals surface area contributed by atoms with Gasteiger partial charge in [0, 0.05) is 26.0 Å². The Morgan fingerprint density at radius 1 is 1.40 bits per heavy atom. The molecule has 0 spiro atoms. The van der Waals surface area contributed by atoms with Gasteiger partial charge >= 0.3 is 0 Å². The molecule has 2 rings (SSSR count).